The summed E-state index contributed by atoms with van der Waals surface area (Å²) in [5.74, 6) is 2.34. The summed E-state index contributed by atoms with van der Waals surface area (Å²) in [6.07, 6.45) is 8.21. The molecule has 2 rings (SSSR count). The summed E-state index contributed by atoms with van der Waals surface area (Å²) in [6.45, 7) is 2.29. The number of anilines is 1. The average molecular weight is 301 g/mol. The summed E-state index contributed by atoms with van der Waals surface area (Å²) in [6, 6.07) is 2.61. The molecule has 0 saturated heterocycles. The third-order valence-corrected chi connectivity index (χ3v) is 5.00. The smallest absolute Gasteiger partial charge is 0.128 e. The molecule has 106 valence electrons. The highest BCUT2D eigenvalue weighted by atomic mass is 35.5. The Morgan fingerprint density at radius 1 is 1.32 bits per heavy atom. The fourth-order valence-electron chi connectivity index (χ4n) is 2.89. The van der Waals surface area contributed by atoms with Gasteiger partial charge in [-0.25, -0.2) is 4.98 Å². The van der Waals surface area contributed by atoms with Crippen LogP contribution < -0.4 is 4.90 Å². The molecule has 0 aromatic carbocycles. The molecule has 1 fully saturated rings. The molecule has 0 unspecified atom stereocenters. The normalized spacial score (nSPS) is 23.4. The zero-order valence-electron chi connectivity index (χ0n) is 11.7. The van der Waals surface area contributed by atoms with Crippen LogP contribution in [0.3, 0.4) is 0 Å². The first-order valence-electron chi connectivity index (χ1n) is 7.08. The van der Waals surface area contributed by atoms with Crippen molar-refractivity contribution in [3.05, 3.63) is 22.8 Å². The molecule has 1 aliphatic rings. The largest absolute Gasteiger partial charge is 0.357 e. The van der Waals surface area contributed by atoms with Gasteiger partial charge in [-0.1, -0.05) is 24.9 Å². The van der Waals surface area contributed by atoms with Gasteiger partial charge in [0.05, 0.1) is 5.02 Å². The lowest BCUT2D eigenvalue weighted by atomic mass is 9.84. The van der Waals surface area contributed by atoms with Crippen LogP contribution in [0.5, 0.6) is 0 Å². The number of hydrogen-bond acceptors (Lipinski definition) is 2. The van der Waals surface area contributed by atoms with Gasteiger partial charge < -0.3 is 4.90 Å². The van der Waals surface area contributed by atoms with E-state index in [-0.39, 0.29) is 0 Å². The molecule has 0 radical (unpaired) electrons. The van der Waals surface area contributed by atoms with E-state index in [1.54, 1.807) is 6.20 Å². The second-order valence-electron chi connectivity index (χ2n) is 5.46. The van der Waals surface area contributed by atoms with Gasteiger partial charge in [0.1, 0.15) is 5.82 Å². The first-order valence-corrected chi connectivity index (χ1v) is 8.00. The molecule has 1 aliphatic carbocycles. The quantitative estimate of drug-likeness (QED) is 0.737. The van der Waals surface area contributed by atoms with Crippen LogP contribution in [0.2, 0.25) is 5.02 Å². The Kier molecular flexibility index (Phi) is 5.35. The van der Waals surface area contributed by atoms with Crippen molar-refractivity contribution in [2.45, 2.75) is 50.9 Å². The van der Waals surface area contributed by atoms with Crippen molar-refractivity contribution in [3.63, 3.8) is 0 Å². The Bertz CT molecular complexity index is 415. The average Bonchev–Trinajstić information content (AvgIpc) is 2.47. The number of halogens is 2. The van der Waals surface area contributed by atoms with E-state index in [1.165, 1.54) is 32.1 Å². The number of nitrogens with zero attached hydrogens (tertiary/aromatic N) is 2. The minimum Gasteiger partial charge on any atom is -0.357 e. The Morgan fingerprint density at radius 2 is 2.00 bits per heavy atom. The topological polar surface area (TPSA) is 16.1 Å². The Morgan fingerprint density at radius 3 is 2.58 bits per heavy atom. The molecule has 0 aliphatic heterocycles. The van der Waals surface area contributed by atoms with E-state index in [0.717, 1.165) is 17.3 Å². The van der Waals surface area contributed by atoms with Crippen LogP contribution >= 0.6 is 23.2 Å². The Labute approximate surface area is 126 Å². The molecular formula is C15H22Cl2N2. The van der Waals surface area contributed by atoms with Crippen molar-refractivity contribution >= 4 is 29.0 Å². The molecule has 1 saturated carbocycles. The number of pyridine rings is 1. The third-order valence-electron chi connectivity index (χ3n) is 4.37. The molecule has 1 aromatic heterocycles. The lowest BCUT2D eigenvalue weighted by Gasteiger charge is -2.35. The van der Waals surface area contributed by atoms with Crippen LogP contribution in [0.4, 0.5) is 5.82 Å². The van der Waals surface area contributed by atoms with E-state index in [2.05, 4.69) is 23.9 Å². The lowest BCUT2D eigenvalue weighted by Crippen LogP contribution is -2.35. The lowest BCUT2D eigenvalue weighted by molar-refractivity contribution is 0.313. The predicted octanol–water partition coefficient (Wildman–Crippen LogP) is 4.88. The van der Waals surface area contributed by atoms with Gasteiger partial charge >= 0.3 is 0 Å². The maximum atomic E-state index is 6.06. The second-order valence-corrected chi connectivity index (χ2v) is 6.14. The van der Waals surface area contributed by atoms with E-state index in [0.29, 0.717) is 16.9 Å². The monoisotopic (exact) mass is 300 g/mol. The molecule has 0 atom stereocenters. The van der Waals surface area contributed by atoms with E-state index in [4.69, 9.17) is 23.2 Å². The number of aromatic nitrogens is 1. The van der Waals surface area contributed by atoms with E-state index < -0.39 is 0 Å². The molecule has 2 nitrogen and oxygen atoms in total. The molecule has 0 bridgehead atoms. The molecule has 19 heavy (non-hydrogen) atoms. The highest BCUT2D eigenvalue weighted by molar-refractivity contribution is 6.32. The van der Waals surface area contributed by atoms with Crippen LogP contribution in [-0.4, -0.2) is 18.1 Å². The van der Waals surface area contributed by atoms with Crippen molar-refractivity contribution in [1.29, 1.82) is 0 Å². The standard InChI is InChI=1S/C15H22Cl2N2/c1-3-11-4-6-13(7-5-11)19(2)15-8-12(9-16)14(17)10-18-15/h8,10-11,13H,3-7,9H2,1-2H3. The highest BCUT2D eigenvalue weighted by Crippen LogP contribution is 2.31. The fourth-order valence-corrected chi connectivity index (χ4v) is 3.35. The molecule has 4 heteroatoms. The first-order chi connectivity index (χ1) is 9.15. The predicted molar refractivity (Wildman–Crippen MR) is 83.2 cm³/mol. The highest BCUT2D eigenvalue weighted by Gasteiger charge is 2.24. The van der Waals surface area contributed by atoms with Crippen LogP contribution in [-0.2, 0) is 5.88 Å². The summed E-state index contributed by atoms with van der Waals surface area (Å²) >= 11 is 12.0. The second kappa shape index (κ2) is 6.81. The van der Waals surface area contributed by atoms with Gasteiger partial charge in [0.2, 0.25) is 0 Å². The molecular weight excluding hydrogens is 279 g/mol. The van der Waals surface area contributed by atoms with Crippen LogP contribution in [0.1, 0.15) is 44.6 Å². The summed E-state index contributed by atoms with van der Waals surface area (Å²) in [5, 5.41) is 0.654. The zero-order valence-corrected chi connectivity index (χ0v) is 13.2. The minimum absolute atomic E-state index is 0.435. The van der Waals surface area contributed by atoms with E-state index in [9.17, 15) is 0 Å². The van der Waals surface area contributed by atoms with Crippen molar-refractivity contribution in [3.8, 4) is 0 Å². The van der Waals surface area contributed by atoms with Crippen molar-refractivity contribution < 1.29 is 0 Å². The molecule has 1 aromatic rings. The van der Waals surface area contributed by atoms with Gasteiger partial charge in [-0.15, -0.1) is 11.6 Å². The van der Waals surface area contributed by atoms with Gasteiger partial charge in [-0.2, -0.15) is 0 Å². The maximum absolute atomic E-state index is 6.06. The zero-order chi connectivity index (χ0) is 13.8. The van der Waals surface area contributed by atoms with Gasteiger partial charge in [-0.05, 0) is 43.2 Å². The SMILES string of the molecule is CCC1CCC(N(C)c2cc(CCl)c(Cl)cn2)CC1. The van der Waals surface area contributed by atoms with Gasteiger partial charge in [-0.3, -0.25) is 0 Å². The van der Waals surface area contributed by atoms with Crippen molar-refractivity contribution in [2.24, 2.45) is 5.92 Å². The van der Waals surface area contributed by atoms with Gasteiger partial charge in [0, 0.05) is 25.2 Å². The summed E-state index contributed by atoms with van der Waals surface area (Å²) in [5.41, 5.74) is 0.961. The van der Waals surface area contributed by atoms with Crippen LogP contribution in [0.25, 0.3) is 0 Å². The van der Waals surface area contributed by atoms with Crippen molar-refractivity contribution in [2.75, 3.05) is 11.9 Å². The van der Waals surface area contributed by atoms with Gasteiger partial charge in [0.15, 0.2) is 0 Å². The Balaban J connectivity index is 2.05. The summed E-state index contributed by atoms with van der Waals surface area (Å²) < 4.78 is 0. The molecule has 0 spiro atoms. The number of rotatable bonds is 4. The van der Waals surface area contributed by atoms with E-state index >= 15 is 0 Å². The molecule has 0 N–H and O–H groups in total. The van der Waals surface area contributed by atoms with Gasteiger partial charge in [0.25, 0.3) is 0 Å². The molecule has 1 heterocycles. The molecule has 0 amide bonds. The summed E-state index contributed by atoms with van der Waals surface area (Å²) in [4.78, 5) is 6.73. The van der Waals surface area contributed by atoms with E-state index in [1.807, 2.05) is 6.07 Å². The van der Waals surface area contributed by atoms with Crippen molar-refractivity contribution in [1.82, 2.24) is 4.98 Å². The number of hydrogen-bond donors (Lipinski definition) is 0. The fraction of sp³-hybridized carbons (Fsp3) is 0.667. The number of alkyl halides is 1. The maximum Gasteiger partial charge on any atom is 0.128 e. The van der Waals surface area contributed by atoms with Crippen LogP contribution in [0, 0.1) is 5.92 Å². The third kappa shape index (κ3) is 3.55. The first kappa shape index (κ1) is 14.9. The summed E-state index contributed by atoms with van der Waals surface area (Å²) in [7, 11) is 2.13. The minimum atomic E-state index is 0.435. The van der Waals surface area contributed by atoms with Crippen LogP contribution in [0.15, 0.2) is 12.3 Å². The Hall–Kier alpha value is -0.470.